The molecule has 0 bridgehead atoms. The van der Waals surface area contributed by atoms with Crippen molar-refractivity contribution in [3.8, 4) is 0 Å². The molecular formula is C74H143NO5. The highest BCUT2D eigenvalue weighted by molar-refractivity contribution is 5.76. The predicted molar refractivity (Wildman–Crippen MR) is 352 cm³/mol. The molecule has 0 aliphatic heterocycles. The molecule has 2 unspecified atom stereocenters. The fourth-order valence-corrected chi connectivity index (χ4v) is 11.6. The molecule has 0 saturated carbocycles. The minimum Gasteiger partial charge on any atom is -0.466 e. The number of allylic oxidation sites excluding steroid dienone is 3. The molecule has 80 heavy (non-hydrogen) atoms. The number of rotatable bonds is 69. The minimum absolute atomic E-state index is 0.0159. The van der Waals surface area contributed by atoms with Crippen LogP contribution in [0.2, 0.25) is 0 Å². The van der Waals surface area contributed by atoms with Crippen LogP contribution in [0.3, 0.4) is 0 Å². The van der Waals surface area contributed by atoms with Crippen molar-refractivity contribution in [2.24, 2.45) is 0 Å². The second-order valence-electron chi connectivity index (χ2n) is 25.3. The third-order valence-corrected chi connectivity index (χ3v) is 17.2. The Morgan fingerprint density at radius 2 is 0.588 bits per heavy atom. The van der Waals surface area contributed by atoms with Gasteiger partial charge < -0.3 is 20.3 Å². The molecule has 0 rings (SSSR count). The molecule has 0 radical (unpaired) electrons. The van der Waals surface area contributed by atoms with E-state index in [0.717, 1.165) is 44.9 Å². The molecule has 0 aromatic heterocycles. The third-order valence-electron chi connectivity index (χ3n) is 17.2. The van der Waals surface area contributed by atoms with Gasteiger partial charge in [-0.3, -0.25) is 9.59 Å². The average Bonchev–Trinajstić information content (AvgIpc) is 3.46. The van der Waals surface area contributed by atoms with E-state index in [-0.39, 0.29) is 18.5 Å². The van der Waals surface area contributed by atoms with Crippen LogP contribution < -0.4 is 5.32 Å². The molecule has 6 nitrogen and oxygen atoms in total. The predicted octanol–water partition coefficient (Wildman–Crippen LogP) is 23.7. The molecule has 0 aromatic rings. The molecule has 0 aliphatic rings. The SMILES string of the molecule is CCCCCCCCCCCCCCCCCCCCCCC/C=C/C(O)C(CO)NC(=O)CCCCCCCCC/C=C\CCCCCCCCCCCCCCOC(=O)CCCCCCCCCCCCCCCCCCC. The maximum absolute atomic E-state index is 12.5. The van der Waals surface area contributed by atoms with Crippen molar-refractivity contribution in [1.82, 2.24) is 5.32 Å². The van der Waals surface area contributed by atoms with E-state index in [1.54, 1.807) is 6.08 Å². The number of ether oxygens (including phenoxy) is 1. The van der Waals surface area contributed by atoms with Crippen molar-refractivity contribution in [2.75, 3.05) is 13.2 Å². The summed E-state index contributed by atoms with van der Waals surface area (Å²) in [5.41, 5.74) is 0. The fourth-order valence-electron chi connectivity index (χ4n) is 11.6. The summed E-state index contributed by atoms with van der Waals surface area (Å²) in [6.07, 6.45) is 88.3. The summed E-state index contributed by atoms with van der Waals surface area (Å²) in [4.78, 5) is 24.6. The van der Waals surface area contributed by atoms with E-state index in [2.05, 4.69) is 31.3 Å². The standard InChI is InChI=1S/C74H143NO5/c1-3-5-7-9-11-13-15-17-19-21-22-23-25-28-31-35-38-42-46-50-54-58-62-66-72(77)71(70-76)75-73(78)67-63-59-55-51-47-43-39-36-32-29-26-24-27-30-33-37-41-45-49-53-57-61-65-69-80-74(79)68-64-60-56-52-48-44-40-34-20-18-16-14-12-10-8-6-4-2/h29,32,62,66,71-72,76-77H,3-28,30-31,33-61,63-65,67-70H2,1-2H3,(H,75,78)/b32-29-,66-62+. The van der Waals surface area contributed by atoms with Crippen molar-refractivity contribution < 1.29 is 24.5 Å². The van der Waals surface area contributed by atoms with Crippen molar-refractivity contribution in [2.45, 2.75) is 424 Å². The molecule has 3 N–H and O–H groups in total. The molecule has 0 saturated heterocycles. The number of aliphatic hydroxyl groups excluding tert-OH is 2. The monoisotopic (exact) mass is 1130 g/mol. The molecule has 0 aromatic carbocycles. The summed E-state index contributed by atoms with van der Waals surface area (Å²) in [5, 5.41) is 23.3. The van der Waals surface area contributed by atoms with Gasteiger partial charge >= 0.3 is 5.97 Å². The lowest BCUT2D eigenvalue weighted by molar-refractivity contribution is -0.143. The van der Waals surface area contributed by atoms with Crippen molar-refractivity contribution >= 4 is 11.9 Å². The van der Waals surface area contributed by atoms with Gasteiger partial charge in [-0.2, -0.15) is 0 Å². The summed E-state index contributed by atoms with van der Waals surface area (Å²) in [6, 6.07) is -0.634. The van der Waals surface area contributed by atoms with Crippen LogP contribution in [0, 0.1) is 0 Å². The Bertz CT molecular complexity index is 1250. The van der Waals surface area contributed by atoms with Gasteiger partial charge in [-0.1, -0.05) is 366 Å². The Morgan fingerprint density at radius 3 is 0.887 bits per heavy atom. The first kappa shape index (κ1) is 78.3. The summed E-state index contributed by atoms with van der Waals surface area (Å²) >= 11 is 0. The maximum Gasteiger partial charge on any atom is 0.305 e. The molecule has 0 fully saturated rings. The smallest absolute Gasteiger partial charge is 0.305 e. The minimum atomic E-state index is -0.850. The largest absolute Gasteiger partial charge is 0.466 e. The number of carbonyl (C=O) groups is 2. The molecule has 1 amide bonds. The van der Waals surface area contributed by atoms with E-state index in [9.17, 15) is 19.8 Å². The fraction of sp³-hybridized carbons (Fsp3) is 0.919. The summed E-state index contributed by atoms with van der Waals surface area (Å²) in [6.45, 7) is 4.95. The Hall–Kier alpha value is -1.66. The van der Waals surface area contributed by atoms with Crippen LogP contribution in [0.1, 0.15) is 412 Å². The summed E-state index contributed by atoms with van der Waals surface area (Å²) in [7, 11) is 0. The van der Waals surface area contributed by atoms with Gasteiger partial charge in [0.25, 0.3) is 0 Å². The number of unbranched alkanes of at least 4 members (excludes halogenated alkanes) is 56. The third kappa shape index (κ3) is 65.5. The number of carbonyl (C=O) groups excluding carboxylic acids is 2. The van der Waals surface area contributed by atoms with Crippen LogP contribution in [0.4, 0.5) is 0 Å². The van der Waals surface area contributed by atoms with Crippen molar-refractivity contribution in [3.63, 3.8) is 0 Å². The zero-order chi connectivity index (χ0) is 57.8. The second kappa shape index (κ2) is 69.8. The normalized spacial score (nSPS) is 12.6. The van der Waals surface area contributed by atoms with Gasteiger partial charge in [-0.05, 0) is 57.8 Å². The Balaban J connectivity index is 3.42. The summed E-state index contributed by atoms with van der Waals surface area (Å²) < 4.78 is 5.51. The van der Waals surface area contributed by atoms with E-state index in [1.807, 2.05) is 6.08 Å². The van der Waals surface area contributed by atoms with Crippen LogP contribution in [0.5, 0.6) is 0 Å². The van der Waals surface area contributed by atoms with Gasteiger partial charge in [-0.15, -0.1) is 0 Å². The number of aliphatic hydroxyl groups is 2. The lowest BCUT2D eigenvalue weighted by Gasteiger charge is -2.20. The van der Waals surface area contributed by atoms with Gasteiger partial charge in [0.2, 0.25) is 5.91 Å². The second-order valence-corrected chi connectivity index (χ2v) is 25.3. The lowest BCUT2D eigenvalue weighted by Crippen LogP contribution is -2.45. The van der Waals surface area contributed by atoms with Gasteiger partial charge in [0, 0.05) is 12.8 Å². The molecule has 6 heteroatoms. The van der Waals surface area contributed by atoms with Crippen LogP contribution in [0.15, 0.2) is 24.3 Å². The quantitative estimate of drug-likeness (QED) is 0.0320. The molecule has 0 aliphatic carbocycles. The molecule has 2 atom stereocenters. The number of hydrogen-bond donors (Lipinski definition) is 3. The zero-order valence-corrected chi connectivity index (χ0v) is 54.3. The number of amides is 1. The first-order chi connectivity index (χ1) is 39.5. The number of hydrogen-bond acceptors (Lipinski definition) is 5. The van der Waals surface area contributed by atoms with E-state index >= 15 is 0 Å². The highest BCUT2D eigenvalue weighted by Gasteiger charge is 2.18. The van der Waals surface area contributed by atoms with Crippen LogP contribution in [0.25, 0.3) is 0 Å². The molecule has 0 spiro atoms. The van der Waals surface area contributed by atoms with Gasteiger partial charge in [0.05, 0.1) is 25.4 Å². The number of nitrogens with one attached hydrogen (secondary N) is 1. The van der Waals surface area contributed by atoms with Crippen LogP contribution >= 0.6 is 0 Å². The maximum atomic E-state index is 12.5. The molecule has 0 heterocycles. The van der Waals surface area contributed by atoms with E-state index in [1.165, 1.54) is 340 Å². The van der Waals surface area contributed by atoms with Crippen molar-refractivity contribution in [1.29, 1.82) is 0 Å². The first-order valence-electron chi connectivity index (χ1n) is 36.6. The van der Waals surface area contributed by atoms with Gasteiger partial charge in [-0.25, -0.2) is 0 Å². The summed E-state index contributed by atoms with van der Waals surface area (Å²) in [5.74, 6) is -0.0538. The van der Waals surface area contributed by atoms with Crippen LogP contribution in [-0.4, -0.2) is 47.4 Å². The molecule has 474 valence electrons. The zero-order valence-electron chi connectivity index (χ0n) is 54.3. The Morgan fingerprint density at radius 1 is 0.338 bits per heavy atom. The lowest BCUT2D eigenvalue weighted by atomic mass is 10.0. The highest BCUT2D eigenvalue weighted by Crippen LogP contribution is 2.19. The first-order valence-corrected chi connectivity index (χ1v) is 36.6. The van der Waals surface area contributed by atoms with E-state index < -0.39 is 12.1 Å². The van der Waals surface area contributed by atoms with Crippen molar-refractivity contribution in [3.05, 3.63) is 24.3 Å². The topological polar surface area (TPSA) is 95.9 Å². The average molecular weight is 1130 g/mol. The van der Waals surface area contributed by atoms with Gasteiger partial charge in [0.15, 0.2) is 0 Å². The van der Waals surface area contributed by atoms with Gasteiger partial charge in [0.1, 0.15) is 0 Å². The highest BCUT2D eigenvalue weighted by atomic mass is 16.5. The Labute approximate surface area is 501 Å². The molecular weight excluding hydrogens is 983 g/mol. The van der Waals surface area contributed by atoms with E-state index in [4.69, 9.17) is 4.74 Å². The van der Waals surface area contributed by atoms with E-state index in [0.29, 0.717) is 19.4 Å². The Kier molecular flexibility index (Phi) is 68.4. The van der Waals surface area contributed by atoms with Crippen LogP contribution in [-0.2, 0) is 14.3 Å². The number of esters is 1.